The van der Waals surface area contributed by atoms with Gasteiger partial charge in [0.25, 0.3) is 5.16 Å². The van der Waals surface area contributed by atoms with Crippen molar-refractivity contribution in [2.45, 2.75) is 5.16 Å². The van der Waals surface area contributed by atoms with Crippen LogP contribution in [-0.4, -0.2) is 38.6 Å². The average molecular weight is 262 g/mol. The van der Waals surface area contributed by atoms with E-state index in [0.717, 1.165) is 0 Å². The average Bonchev–Trinajstić information content (AvgIpc) is 2.26. The van der Waals surface area contributed by atoms with Gasteiger partial charge in [0.05, 0.1) is 20.3 Å². The van der Waals surface area contributed by atoms with Crippen molar-refractivity contribution < 1.29 is 22.7 Å². The number of nitrogens with two attached hydrogens (primary N) is 1. The molecule has 0 aromatic carbocycles. The molecule has 17 heavy (non-hydrogen) atoms. The van der Waals surface area contributed by atoms with Gasteiger partial charge in [0.1, 0.15) is 0 Å². The summed E-state index contributed by atoms with van der Waals surface area (Å²) < 4.78 is 34.1. The van der Waals surface area contributed by atoms with E-state index in [1.54, 1.807) is 0 Å². The van der Waals surface area contributed by atoms with Crippen LogP contribution >= 0.6 is 0 Å². The topological polar surface area (TPSA) is 134 Å². The maximum atomic E-state index is 11.5. The first-order valence-corrected chi connectivity index (χ1v) is 5.66. The summed E-state index contributed by atoms with van der Waals surface area (Å²) in [4.78, 5) is 17.6. The lowest BCUT2D eigenvalue weighted by molar-refractivity contribution is 0.253. The zero-order chi connectivity index (χ0) is 13.1. The number of methoxy groups -OCH3 is 2. The fourth-order valence-electron chi connectivity index (χ4n) is 0.891. The molecular weight excluding hydrogens is 252 g/mol. The highest BCUT2D eigenvalue weighted by molar-refractivity contribution is 7.89. The zero-order valence-electron chi connectivity index (χ0n) is 9.00. The van der Waals surface area contributed by atoms with Gasteiger partial charge in [0.15, 0.2) is 0 Å². The summed E-state index contributed by atoms with van der Waals surface area (Å²) in [5.41, 5.74) is 4.71. The van der Waals surface area contributed by atoms with Gasteiger partial charge < -0.3 is 15.2 Å². The molecule has 0 radical (unpaired) electrons. The predicted octanol–water partition coefficient (Wildman–Crippen LogP) is -1.15. The van der Waals surface area contributed by atoms with Gasteiger partial charge in [-0.1, -0.05) is 0 Å². The van der Waals surface area contributed by atoms with Crippen molar-refractivity contribution in [3.8, 4) is 11.8 Å². The molecule has 0 fully saturated rings. The smallest absolute Gasteiger partial charge is 0.326 e. The van der Waals surface area contributed by atoms with E-state index in [9.17, 15) is 13.2 Å². The first-order chi connectivity index (χ1) is 7.89. The number of carbonyl (C=O) groups excluding carboxylic acids is 1. The standard InChI is InChI=1S/C7H10N4O5S/c1-15-4-3-5(16-2)10-7(9-4)17(13,14)11-6(8)12/h3H,1-2H3,(H3,8,11,12). The van der Waals surface area contributed by atoms with Crippen LogP contribution in [0.25, 0.3) is 0 Å². The largest absolute Gasteiger partial charge is 0.481 e. The monoisotopic (exact) mass is 262 g/mol. The summed E-state index contributed by atoms with van der Waals surface area (Å²) in [6.07, 6.45) is 0. The molecule has 0 spiro atoms. The van der Waals surface area contributed by atoms with Crippen molar-refractivity contribution in [3.63, 3.8) is 0 Å². The van der Waals surface area contributed by atoms with Crippen LogP contribution in [0.1, 0.15) is 0 Å². The second kappa shape index (κ2) is 4.82. The molecule has 9 nitrogen and oxygen atoms in total. The van der Waals surface area contributed by atoms with Crippen LogP contribution in [0, 0.1) is 0 Å². The van der Waals surface area contributed by atoms with Gasteiger partial charge in [-0.3, -0.25) is 0 Å². The molecule has 2 amide bonds. The van der Waals surface area contributed by atoms with Gasteiger partial charge >= 0.3 is 16.1 Å². The quantitative estimate of drug-likeness (QED) is 0.654. The summed E-state index contributed by atoms with van der Waals surface area (Å²) in [6, 6.07) is 0.0407. The molecule has 1 aromatic heterocycles. The van der Waals surface area contributed by atoms with Gasteiger partial charge in [-0.05, 0) is 0 Å². The van der Waals surface area contributed by atoms with Crippen LogP contribution in [0.4, 0.5) is 4.79 Å². The van der Waals surface area contributed by atoms with Crippen molar-refractivity contribution >= 4 is 16.1 Å². The molecule has 0 aliphatic rings. The maximum Gasteiger partial charge on any atom is 0.326 e. The van der Waals surface area contributed by atoms with Gasteiger partial charge in [-0.15, -0.1) is 0 Å². The first-order valence-electron chi connectivity index (χ1n) is 4.18. The van der Waals surface area contributed by atoms with E-state index >= 15 is 0 Å². The second-order valence-corrected chi connectivity index (χ2v) is 4.28. The number of hydrogen-bond donors (Lipinski definition) is 2. The van der Waals surface area contributed by atoms with E-state index in [-0.39, 0.29) is 11.8 Å². The fourth-order valence-corrected chi connectivity index (χ4v) is 1.67. The van der Waals surface area contributed by atoms with E-state index in [0.29, 0.717) is 0 Å². The van der Waals surface area contributed by atoms with Gasteiger partial charge in [0, 0.05) is 0 Å². The highest BCUT2D eigenvalue weighted by atomic mass is 32.2. The lowest BCUT2D eigenvalue weighted by atomic mass is 10.6. The second-order valence-electron chi connectivity index (χ2n) is 2.70. The normalized spacial score (nSPS) is 10.7. The molecule has 1 aromatic rings. The minimum Gasteiger partial charge on any atom is -0.481 e. The summed E-state index contributed by atoms with van der Waals surface area (Å²) in [6.45, 7) is 0. The molecule has 0 atom stereocenters. The van der Waals surface area contributed by atoms with Crippen molar-refractivity contribution in [1.29, 1.82) is 0 Å². The number of urea groups is 1. The Morgan fingerprint density at radius 3 is 2.12 bits per heavy atom. The van der Waals surface area contributed by atoms with Crippen LogP contribution in [0.15, 0.2) is 11.2 Å². The van der Waals surface area contributed by atoms with Crippen LogP contribution in [0.5, 0.6) is 11.8 Å². The summed E-state index contributed by atoms with van der Waals surface area (Å²) >= 11 is 0. The van der Waals surface area contributed by atoms with Crippen LogP contribution in [0.2, 0.25) is 0 Å². The molecule has 3 N–H and O–H groups in total. The molecular formula is C7H10N4O5S. The highest BCUT2D eigenvalue weighted by Gasteiger charge is 2.22. The van der Waals surface area contributed by atoms with Crippen molar-refractivity contribution in [2.24, 2.45) is 5.73 Å². The molecule has 0 unspecified atom stereocenters. The van der Waals surface area contributed by atoms with Crippen LogP contribution in [-0.2, 0) is 10.0 Å². The lowest BCUT2D eigenvalue weighted by Crippen LogP contribution is -2.35. The number of sulfonamides is 1. The van der Waals surface area contributed by atoms with Crippen molar-refractivity contribution in [1.82, 2.24) is 14.7 Å². The van der Waals surface area contributed by atoms with Crippen LogP contribution in [0.3, 0.4) is 0 Å². The molecule has 94 valence electrons. The number of hydrogen-bond acceptors (Lipinski definition) is 7. The summed E-state index contributed by atoms with van der Waals surface area (Å²) in [5, 5.41) is -0.674. The van der Waals surface area contributed by atoms with E-state index in [2.05, 4.69) is 9.97 Å². The molecule has 10 heteroatoms. The highest BCUT2D eigenvalue weighted by Crippen LogP contribution is 2.17. The molecule has 0 bridgehead atoms. The minimum atomic E-state index is -4.23. The molecule has 1 rings (SSSR count). The third kappa shape index (κ3) is 3.17. The number of nitrogens with one attached hydrogen (secondary N) is 1. The molecule has 0 aliphatic carbocycles. The molecule has 0 aliphatic heterocycles. The third-order valence-electron chi connectivity index (χ3n) is 1.55. The Kier molecular flexibility index (Phi) is 3.68. The number of aromatic nitrogens is 2. The summed E-state index contributed by atoms with van der Waals surface area (Å²) in [7, 11) is -1.65. The SMILES string of the molecule is COc1cc(OC)nc(S(=O)(=O)NC(N)=O)n1. The predicted molar refractivity (Wildman–Crippen MR) is 55.0 cm³/mol. The summed E-state index contributed by atoms with van der Waals surface area (Å²) in [5.74, 6) is -0.0524. The fraction of sp³-hybridized carbons (Fsp3) is 0.286. The molecule has 0 saturated heterocycles. The molecule has 0 saturated carbocycles. The number of rotatable bonds is 4. The number of amides is 2. The maximum absolute atomic E-state index is 11.5. The lowest BCUT2D eigenvalue weighted by Gasteiger charge is -2.06. The minimum absolute atomic E-state index is 0.0262. The Hall–Kier alpha value is -2.10. The van der Waals surface area contributed by atoms with E-state index in [4.69, 9.17) is 15.2 Å². The number of carbonyl (C=O) groups is 1. The van der Waals surface area contributed by atoms with Crippen LogP contribution < -0.4 is 19.9 Å². The van der Waals surface area contributed by atoms with Gasteiger partial charge in [-0.25, -0.2) is 9.52 Å². The third-order valence-corrected chi connectivity index (χ3v) is 2.69. The van der Waals surface area contributed by atoms with E-state index in [1.165, 1.54) is 25.0 Å². The molecule has 1 heterocycles. The first kappa shape index (κ1) is 13.0. The Morgan fingerprint density at radius 2 is 1.76 bits per heavy atom. The van der Waals surface area contributed by atoms with Crippen molar-refractivity contribution in [2.75, 3.05) is 14.2 Å². The Balaban J connectivity index is 3.25. The van der Waals surface area contributed by atoms with Gasteiger partial charge in [-0.2, -0.15) is 18.4 Å². The Morgan fingerprint density at radius 1 is 1.29 bits per heavy atom. The van der Waals surface area contributed by atoms with E-state index < -0.39 is 21.2 Å². The number of ether oxygens (including phenoxy) is 2. The Bertz CT molecular complexity index is 507. The van der Waals surface area contributed by atoms with Crippen molar-refractivity contribution in [3.05, 3.63) is 6.07 Å². The van der Waals surface area contributed by atoms with E-state index in [1.807, 2.05) is 0 Å². The zero-order valence-corrected chi connectivity index (χ0v) is 9.82. The number of primary amides is 1. The van der Waals surface area contributed by atoms with Gasteiger partial charge in [0.2, 0.25) is 11.8 Å². The number of nitrogens with zero attached hydrogens (tertiary/aromatic N) is 2. The Labute approximate surface area is 97.0 Å².